The molecule has 5 heteroatoms. The van der Waals surface area contributed by atoms with Gasteiger partial charge in [0.2, 0.25) is 0 Å². The van der Waals surface area contributed by atoms with Gasteiger partial charge in [-0.05, 0) is 84.4 Å². The Hall–Kier alpha value is -7.76. The summed E-state index contributed by atoms with van der Waals surface area (Å²) in [4.78, 5) is 2.42. The van der Waals surface area contributed by atoms with Crippen molar-refractivity contribution in [3.63, 3.8) is 0 Å². The molecule has 1 aliphatic heterocycles. The van der Waals surface area contributed by atoms with Crippen LogP contribution >= 0.6 is 0 Å². The van der Waals surface area contributed by atoms with Crippen LogP contribution in [0.2, 0.25) is 0 Å². The predicted molar refractivity (Wildman–Crippen MR) is 253 cm³/mol. The van der Waals surface area contributed by atoms with E-state index in [-0.39, 0.29) is 0 Å². The minimum atomic E-state index is 0.730. The summed E-state index contributed by atoms with van der Waals surface area (Å²) in [5.74, 6) is 0. The molecule has 12 aromatic rings. The van der Waals surface area contributed by atoms with Crippen LogP contribution in [0, 0.1) is 0 Å². The van der Waals surface area contributed by atoms with Crippen molar-refractivity contribution in [3.8, 4) is 22.5 Å². The van der Waals surface area contributed by atoms with Crippen LogP contribution in [0.25, 0.3) is 87.9 Å². The largest absolute Gasteiger partial charge is 0.335 e. The van der Waals surface area contributed by atoms with Crippen LogP contribution in [-0.2, 0) is 6.54 Å². The van der Waals surface area contributed by atoms with Crippen LogP contribution < -0.4 is 10.4 Å². The third kappa shape index (κ3) is 4.57. The molecule has 60 heavy (non-hydrogen) atoms. The molecule has 0 bridgehead atoms. The average molecular weight is 763 g/mol. The van der Waals surface area contributed by atoms with E-state index in [2.05, 4.69) is 219 Å². The summed E-state index contributed by atoms with van der Waals surface area (Å²) >= 11 is 0. The number of hydrogen-bond acceptors (Lipinski definition) is 1. The second-order valence-electron chi connectivity index (χ2n) is 15.9. The molecule has 278 valence electrons. The first-order valence-electron chi connectivity index (χ1n) is 20.6. The molecule has 0 saturated carbocycles. The maximum absolute atomic E-state index is 7.64. The van der Waals surface area contributed by atoms with Gasteiger partial charge in [0, 0.05) is 71.7 Å². The maximum Gasteiger partial charge on any atom is 0.117 e. The minimum absolute atomic E-state index is 0.730. The summed E-state index contributed by atoms with van der Waals surface area (Å²) in [5.41, 5.74) is 16.9. The van der Waals surface area contributed by atoms with E-state index in [1.807, 2.05) is 0 Å². The molecule has 0 saturated heterocycles. The molecule has 13 rings (SSSR count). The number of nitrogens with zero attached hydrogens (tertiary/aromatic N) is 4. The number of fused-ring (bicyclic) bond motifs is 11. The highest BCUT2D eigenvalue weighted by Gasteiger charge is 2.28. The van der Waals surface area contributed by atoms with Crippen molar-refractivity contribution in [2.75, 3.05) is 4.90 Å². The summed E-state index contributed by atoms with van der Waals surface area (Å²) in [6.07, 6.45) is 0. The first-order valence-corrected chi connectivity index (χ1v) is 20.6. The van der Waals surface area contributed by atoms with Crippen molar-refractivity contribution in [2.45, 2.75) is 6.54 Å². The smallest absolute Gasteiger partial charge is 0.117 e. The zero-order chi connectivity index (χ0) is 39.5. The van der Waals surface area contributed by atoms with Gasteiger partial charge in [0.25, 0.3) is 0 Å². The standard InChI is InChI=1S/C55H35BN4/c56-54-52(32-31-51-53(54)43-21-9-12-27-48(43)59(51)36-17-5-2-6-18-36)60(37-29-30-50-44(33-37)40-20-8-11-26-47(40)58(50)35-15-3-1-4-16-35)49-28-14-22-38-41-23-13-24-42-39-19-7-10-25-46(39)57(55(41)42)34-45(38)49/h1-33H,34H2. The van der Waals surface area contributed by atoms with Gasteiger partial charge in [-0.1, -0.05) is 127 Å². The molecule has 3 aromatic heterocycles. The van der Waals surface area contributed by atoms with Crippen LogP contribution in [0.3, 0.4) is 0 Å². The quantitative estimate of drug-likeness (QED) is 0.160. The van der Waals surface area contributed by atoms with E-state index in [0.29, 0.717) is 0 Å². The van der Waals surface area contributed by atoms with Crippen molar-refractivity contribution in [2.24, 2.45) is 0 Å². The highest BCUT2D eigenvalue weighted by molar-refractivity contribution is 6.45. The molecule has 0 fully saturated rings. The van der Waals surface area contributed by atoms with Crippen LogP contribution in [0.15, 0.2) is 200 Å². The lowest BCUT2D eigenvalue weighted by Gasteiger charge is -2.32. The zero-order valence-corrected chi connectivity index (χ0v) is 32.6. The molecular weight excluding hydrogens is 727 g/mol. The van der Waals surface area contributed by atoms with Gasteiger partial charge >= 0.3 is 0 Å². The lowest BCUT2D eigenvalue weighted by molar-refractivity contribution is 0.859. The molecule has 0 atom stereocenters. The van der Waals surface area contributed by atoms with Gasteiger partial charge in [0.15, 0.2) is 0 Å². The Kier molecular flexibility index (Phi) is 6.99. The number of anilines is 3. The molecule has 0 spiro atoms. The molecule has 1 aliphatic rings. The summed E-state index contributed by atoms with van der Waals surface area (Å²) in [6, 6.07) is 72.4. The first-order chi connectivity index (χ1) is 29.7. The van der Waals surface area contributed by atoms with Crippen LogP contribution in [0.4, 0.5) is 17.1 Å². The molecular formula is C55H35BN4. The molecule has 2 radical (unpaired) electrons. The fourth-order valence-electron chi connectivity index (χ4n) is 10.3. The number of hydrogen-bond donors (Lipinski definition) is 0. The molecule has 4 heterocycles. The average Bonchev–Trinajstić information content (AvgIpc) is 3.94. The maximum atomic E-state index is 7.64. The third-order valence-corrected chi connectivity index (χ3v) is 12.8. The molecule has 0 unspecified atom stereocenters. The fraction of sp³-hybridized carbons (Fsp3) is 0.0182. The highest BCUT2D eigenvalue weighted by Crippen LogP contribution is 2.48. The molecule has 0 amide bonds. The molecule has 4 nitrogen and oxygen atoms in total. The van der Waals surface area contributed by atoms with Gasteiger partial charge in [-0.3, -0.25) is 0 Å². The summed E-state index contributed by atoms with van der Waals surface area (Å²) < 4.78 is 7.23. The van der Waals surface area contributed by atoms with E-state index >= 15 is 0 Å². The molecule has 0 aliphatic carbocycles. The van der Waals surface area contributed by atoms with Crippen molar-refractivity contribution >= 4 is 95.8 Å². The van der Waals surface area contributed by atoms with Crippen LogP contribution in [0.5, 0.6) is 0 Å². The van der Waals surface area contributed by atoms with Crippen LogP contribution in [0.1, 0.15) is 5.56 Å². The van der Waals surface area contributed by atoms with E-state index in [1.54, 1.807) is 0 Å². The first kappa shape index (κ1) is 33.2. The van der Waals surface area contributed by atoms with Crippen molar-refractivity contribution in [1.82, 2.24) is 13.7 Å². The Morgan fingerprint density at radius 3 is 1.70 bits per heavy atom. The van der Waals surface area contributed by atoms with E-state index < -0.39 is 0 Å². The number of para-hydroxylation sites is 6. The zero-order valence-electron chi connectivity index (χ0n) is 32.6. The van der Waals surface area contributed by atoms with E-state index in [1.165, 1.54) is 54.8 Å². The van der Waals surface area contributed by atoms with Crippen molar-refractivity contribution in [3.05, 3.63) is 206 Å². The number of benzene rings is 9. The number of rotatable bonds is 5. The predicted octanol–water partition coefficient (Wildman–Crippen LogP) is 13.3. The Labute approximate surface area is 347 Å². The Morgan fingerprint density at radius 2 is 0.950 bits per heavy atom. The van der Waals surface area contributed by atoms with Crippen molar-refractivity contribution in [1.29, 1.82) is 0 Å². The van der Waals surface area contributed by atoms with Crippen LogP contribution in [-0.4, -0.2) is 21.5 Å². The highest BCUT2D eigenvalue weighted by atomic mass is 15.2. The normalized spacial score (nSPS) is 12.3. The van der Waals surface area contributed by atoms with E-state index in [4.69, 9.17) is 7.85 Å². The van der Waals surface area contributed by atoms with Gasteiger partial charge in [-0.2, -0.15) is 0 Å². The number of aromatic nitrogens is 3. The van der Waals surface area contributed by atoms with Gasteiger partial charge in [0.1, 0.15) is 7.85 Å². The summed E-state index contributed by atoms with van der Waals surface area (Å²) in [5, 5.41) is 7.14. The fourth-order valence-corrected chi connectivity index (χ4v) is 10.3. The lowest BCUT2D eigenvalue weighted by atomic mass is 9.87. The van der Waals surface area contributed by atoms with E-state index in [9.17, 15) is 0 Å². The Bertz CT molecular complexity index is 3700. The van der Waals surface area contributed by atoms with Gasteiger partial charge in [0.05, 0.1) is 39.8 Å². The van der Waals surface area contributed by atoms with E-state index in [0.717, 1.165) is 67.8 Å². The summed E-state index contributed by atoms with van der Waals surface area (Å²) in [7, 11) is 7.64. The summed E-state index contributed by atoms with van der Waals surface area (Å²) in [6.45, 7) is 0.730. The Morgan fingerprint density at radius 1 is 0.400 bits per heavy atom. The van der Waals surface area contributed by atoms with Crippen molar-refractivity contribution < 1.29 is 0 Å². The second-order valence-corrected chi connectivity index (χ2v) is 15.9. The topological polar surface area (TPSA) is 18.0 Å². The lowest BCUT2D eigenvalue weighted by Crippen LogP contribution is -2.22. The Balaban J connectivity index is 1.11. The minimum Gasteiger partial charge on any atom is -0.335 e. The molecule has 9 aromatic carbocycles. The monoisotopic (exact) mass is 762 g/mol. The van der Waals surface area contributed by atoms with Gasteiger partial charge < -0.3 is 18.6 Å². The second kappa shape index (κ2) is 12.6. The van der Waals surface area contributed by atoms with Gasteiger partial charge in [-0.25, -0.2) is 0 Å². The molecule has 0 N–H and O–H groups in total. The SMILES string of the molecule is [B]c1c(N(c2ccc3c(c2)c2ccccc2n3-c2ccccc2)c2cccc3c2Cn2c4ccccc4c4cccc-3c42)ccc2c1c1ccccc1n2-c1ccccc1. The van der Waals surface area contributed by atoms with Gasteiger partial charge in [-0.15, -0.1) is 0 Å². The third-order valence-electron chi connectivity index (χ3n) is 12.8.